The number of phenols is 1. The minimum absolute atomic E-state index is 0.229. The molecule has 0 bridgehead atoms. The van der Waals surface area contributed by atoms with Gasteiger partial charge in [0.2, 0.25) is 0 Å². The van der Waals surface area contributed by atoms with E-state index in [4.69, 9.17) is 10.00 Å². The van der Waals surface area contributed by atoms with Crippen molar-refractivity contribution in [3.05, 3.63) is 29.1 Å². The predicted octanol–water partition coefficient (Wildman–Crippen LogP) is 9.27. The SMILES string of the molecule is CCCC1CCC(C2CCC(OC)CC2)CC1.CCCC1CCC(c2cc(O)c(C#N)c(F)c2)CC1. The van der Waals surface area contributed by atoms with Gasteiger partial charge in [-0.15, -0.1) is 0 Å². The third-order valence-corrected chi connectivity index (χ3v) is 9.53. The molecule has 0 heterocycles. The van der Waals surface area contributed by atoms with Crippen LogP contribution in [0.4, 0.5) is 4.39 Å². The van der Waals surface area contributed by atoms with Crippen molar-refractivity contribution in [2.24, 2.45) is 23.7 Å². The fraction of sp³-hybridized carbons (Fsp3) is 0.781. The number of benzene rings is 1. The van der Waals surface area contributed by atoms with Crippen LogP contribution in [0.15, 0.2) is 12.1 Å². The minimum atomic E-state index is -0.604. The van der Waals surface area contributed by atoms with Gasteiger partial charge in [-0.25, -0.2) is 4.39 Å². The molecule has 4 rings (SSSR count). The van der Waals surface area contributed by atoms with Crippen LogP contribution >= 0.6 is 0 Å². The quantitative estimate of drug-likeness (QED) is 0.407. The van der Waals surface area contributed by atoms with Crippen molar-refractivity contribution in [1.29, 1.82) is 5.26 Å². The van der Waals surface area contributed by atoms with Crippen LogP contribution < -0.4 is 0 Å². The van der Waals surface area contributed by atoms with Crippen LogP contribution in [0.25, 0.3) is 0 Å². The molecule has 36 heavy (non-hydrogen) atoms. The highest BCUT2D eigenvalue weighted by Crippen LogP contribution is 2.41. The van der Waals surface area contributed by atoms with Gasteiger partial charge in [-0.1, -0.05) is 52.4 Å². The third-order valence-electron chi connectivity index (χ3n) is 9.53. The molecule has 0 amide bonds. The smallest absolute Gasteiger partial charge is 0.145 e. The summed E-state index contributed by atoms with van der Waals surface area (Å²) in [6.07, 6.45) is 22.0. The maximum absolute atomic E-state index is 13.7. The monoisotopic (exact) mass is 499 g/mol. The second-order valence-electron chi connectivity index (χ2n) is 11.9. The van der Waals surface area contributed by atoms with Gasteiger partial charge in [-0.2, -0.15) is 5.26 Å². The highest BCUT2D eigenvalue weighted by atomic mass is 19.1. The predicted molar refractivity (Wildman–Crippen MR) is 145 cm³/mol. The Bertz CT molecular complexity index is 787. The normalized spacial score (nSPS) is 30.6. The van der Waals surface area contributed by atoms with Gasteiger partial charge in [-0.05, 0) is 111 Å². The van der Waals surface area contributed by atoms with Gasteiger partial charge in [0.25, 0.3) is 0 Å². The summed E-state index contributed by atoms with van der Waals surface area (Å²) in [4.78, 5) is 0. The number of halogens is 1. The number of nitrogens with zero attached hydrogens (tertiary/aromatic N) is 1. The average Bonchev–Trinajstić information content (AvgIpc) is 2.90. The lowest BCUT2D eigenvalue weighted by Gasteiger charge is -2.37. The first-order valence-electron chi connectivity index (χ1n) is 14.9. The molecule has 0 atom stereocenters. The molecular weight excluding hydrogens is 449 g/mol. The Hall–Kier alpha value is -1.60. The Kier molecular flexibility index (Phi) is 12.0. The summed E-state index contributed by atoms with van der Waals surface area (Å²) in [6, 6.07) is 4.67. The van der Waals surface area contributed by atoms with Gasteiger partial charge in [0.05, 0.1) is 6.10 Å². The minimum Gasteiger partial charge on any atom is -0.506 e. The molecule has 0 aromatic heterocycles. The molecule has 3 fully saturated rings. The van der Waals surface area contributed by atoms with E-state index in [0.717, 1.165) is 42.1 Å². The van der Waals surface area contributed by atoms with Crippen molar-refractivity contribution in [2.75, 3.05) is 7.11 Å². The number of ether oxygens (including phenoxy) is 1. The summed E-state index contributed by atoms with van der Waals surface area (Å²) in [5.41, 5.74) is 0.590. The van der Waals surface area contributed by atoms with Gasteiger partial charge >= 0.3 is 0 Å². The standard InChI is InChI=1S/C16H20FNO.C16H30O/c1-2-3-11-4-6-12(7-5-11)13-8-15(17)14(10-18)16(19)9-13;1-3-4-13-5-7-14(8-6-13)15-9-11-16(17-2)12-10-15/h8-9,11-12,19H,2-7H2,1H3;13-16H,3-12H2,1-2H3. The van der Waals surface area contributed by atoms with E-state index in [1.165, 1.54) is 96.0 Å². The summed E-state index contributed by atoms with van der Waals surface area (Å²) in [7, 11) is 1.88. The number of phenolic OH excluding ortho intramolecular Hbond substituents is 1. The van der Waals surface area contributed by atoms with E-state index in [1.807, 2.05) is 7.11 Å². The van der Waals surface area contributed by atoms with Crippen molar-refractivity contribution in [3.63, 3.8) is 0 Å². The Morgan fingerprint density at radius 3 is 1.78 bits per heavy atom. The number of rotatable bonds is 7. The van der Waals surface area contributed by atoms with Crippen molar-refractivity contribution in [2.45, 2.75) is 129 Å². The topological polar surface area (TPSA) is 53.2 Å². The Balaban J connectivity index is 0.000000202. The molecule has 3 saturated carbocycles. The van der Waals surface area contributed by atoms with Crippen LogP contribution in [0.3, 0.4) is 0 Å². The maximum Gasteiger partial charge on any atom is 0.145 e. The molecular formula is C32H50FNO2. The zero-order valence-electron chi connectivity index (χ0n) is 23.1. The molecule has 3 aliphatic rings. The molecule has 202 valence electrons. The lowest BCUT2D eigenvalue weighted by molar-refractivity contribution is 0.0392. The number of methoxy groups -OCH3 is 1. The molecule has 0 unspecified atom stereocenters. The molecule has 1 N–H and O–H groups in total. The fourth-order valence-corrected chi connectivity index (χ4v) is 7.30. The highest BCUT2D eigenvalue weighted by Gasteiger charge is 2.30. The first-order valence-corrected chi connectivity index (χ1v) is 14.9. The van der Waals surface area contributed by atoms with Crippen LogP contribution in [-0.2, 0) is 4.74 Å². The molecule has 0 radical (unpaired) electrons. The number of hydrogen-bond acceptors (Lipinski definition) is 3. The van der Waals surface area contributed by atoms with Gasteiger partial charge in [-0.3, -0.25) is 0 Å². The van der Waals surface area contributed by atoms with Gasteiger partial charge in [0, 0.05) is 7.11 Å². The molecule has 3 aliphatic carbocycles. The van der Waals surface area contributed by atoms with E-state index in [1.54, 1.807) is 12.1 Å². The van der Waals surface area contributed by atoms with Crippen molar-refractivity contribution in [1.82, 2.24) is 0 Å². The molecule has 0 saturated heterocycles. The lowest BCUT2D eigenvalue weighted by Crippen LogP contribution is -2.28. The van der Waals surface area contributed by atoms with E-state index in [0.29, 0.717) is 12.0 Å². The molecule has 1 aromatic rings. The summed E-state index contributed by atoms with van der Waals surface area (Å²) in [6.45, 7) is 4.54. The van der Waals surface area contributed by atoms with E-state index in [-0.39, 0.29) is 11.3 Å². The molecule has 1 aromatic carbocycles. The fourth-order valence-electron chi connectivity index (χ4n) is 7.30. The van der Waals surface area contributed by atoms with E-state index in [9.17, 15) is 9.50 Å². The Labute approximate surface area is 219 Å². The zero-order chi connectivity index (χ0) is 25.9. The number of nitriles is 1. The largest absolute Gasteiger partial charge is 0.506 e. The van der Waals surface area contributed by atoms with Crippen LogP contribution in [0.1, 0.15) is 134 Å². The van der Waals surface area contributed by atoms with E-state index >= 15 is 0 Å². The summed E-state index contributed by atoms with van der Waals surface area (Å²) in [5, 5.41) is 18.4. The molecule has 0 spiro atoms. The van der Waals surface area contributed by atoms with E-state index < -0.39 is 5.82 Å². The van der Waals surface area contributed by atoms with Gasteiger partial charge < -0.3 is 9.84 Å². The summed E-state index contributed by atoms with van der Waals surface area (Å²) >= 11 is 0. The Morgan fingerprint density at radius 2 is 1.33 bits per heavy atom. The lowest BCUT2D eigenvalue weighted by atomic mass is 9.70. The number of aromatic hydroxyl groups is 1. The van der Waals surface area contributed by atoms with Crippen LogP contribution in [0.2, 0.25) is 0 Å². The number of hydrogen-bond donors (Lipinski definition) is 1. The van der Waals surface area contributed by atoms with Crippen molar-refractivity contribution in [3.8, 4) is 11.8 Å². The molecule has 4 heteroatoms. The van der Waals surface area contributed by atoms with Crippen LogP contribution in [-0.4, -0.2) is 18.3 Å². The highest BCUT2D eigenvalue weighted by molar-refractivity contribution is 5.46. The van der Waals surface area contributed by atoms with Crippen molar-refractivity contribution >= 4 is 0 Å². The third kappa shape index (κ3) is 8.20. The maximum atomic E-state index is 13.7. The van der Waals surface area contributed by atoms with Crippen molar-refractivity contribution < 1.29 is 14.2 Å². The second kappa shape index (κ2) is 15.0. The van der Waals surface area contributed by atoms with Gasteiger partial charge in [0.1, 0.15) is 23.2 Å². The van der Waals surface area contributed by atoms with Crippen LogP contribution in [0.5, 0.6) is 5.75 Å². The average molecular weight is 500 g/mol. The first kappa shape index (κ1) is 29.0. The van der Waals surface area contributed by atoms with Gasteiger partial charge in [0.15, 0.2) is 0 Å². The molecule has 0 aliphatic heterocycles. The Morgan fingerprint density at radius 1 is 0.833 bits per heavy atom. The van der Waals surface area contributed by atoms with E-state index in [2.05, 4.69) is 13.8 Å². The summed E-state index contributed by atoms with van der Waals surface area (Å²) in [5.74, 6) is 3.44. The van der Waals surface area contributed by atoms with Crippen LogP contribution in [0, 0.1) is 40.8 Å². The summed E-state index contributed by atoms with van der Waals surface area (Å²) < 4.78 is 19.2. The first-order chi connectivity index (χ1) is 17.5. The molecule has 3 nitrogen and oxygen atoms in total. The second-order valence-corrected chi connectivity index (χ2v) is 11.9. The zero-order valence-corrected chi connectivity index (χ0v) is 23.1.